The molecular formula is C6H14O5S. The van der Waals surface area contributed by atoms with E-state index in [0.29, 0.717) is 6.42 Å². The van der Waals surface area contributed by atoms with E-state index >= 15 is 0 Å². The SMILES string of the molecule is CCCCOS(=O)(=O)OCCO. The predicted molar refractivity (Wildman–Crippen MR) is 42.8 cm³/mol. The first-order valence-electron chi connectivity index (χ1n) is 3.77. The smallest absolute Gasteiger partial charge is 0.394 e. The van der Waals surface area contributed by atoms with Crippen LogP contribution in [0.1, 0.15) is 19.8 Å². The minimum absolute atomic E-state index is 0.129. The van der Waals surface area contributed by atoms with Gasteiger partial charge in [0, 0.05) is 0 Å². The normalized spacial score (nSPS) is 11.8. The molecule has 0 unspecified atom stereocenters. The lowest BCUT2D eigenvalue weighted by atomic mass is 10.4. The fourth-order valence-electron chi connectivity index (χ4n) is 0.479. The van der Waals surface area contributed by atoms with Crippen LogP contribution in [0.5, 0.6) is 0 Å². The maximum Gasteiger partial charge on any atom is 0.399 e. The summed E-state index contributed by atoms with van der Waals surface area (Å²) < 4.78 is 30.1. The van der Waals surface area contributed by atoms with Crippen molar-refractivity contribution in [3.05, 3.63) is 0 Å². The molecule has 1 N–H and O–H groups in total. The van der Waals surface area contributed by atoms with E-state index in [1.54, 1.807) is 0 Å². The quantitative estimate of drug-likeness (QED) is 0.585. The molecule has 0 spiro atoms. The van der Waals surface area contributed by atoms with Crippen molar-refractivity contribution >= 4 is 10.4 Å². The van der Waals surface area contributed by atoms with Gasteiger partial charge in [0.1, 0.15) is 0 Å². The van der Waals surface area contributed by atoms with Crippen molar-refractivity contribution < 1.29 is 21.9 Å². The first kappa shape index (κ1) is 11.8. The number of rotatable bonds is 7. The summed E-state index contributed by atoms with van der Waals surface area (Å²) in [6, 6.07) is 0. The Morgan fingerprint density at radius 3 is 2.33 bits per heavy atom. The molecule has 0 heterocycles. The van der Waals surface area contributed by atoms with Crippen LogP contribution in [0, 0.1) is 0 Å². The van der Waals surface area contributed by atoms with Gasteiger partial charge >= 0.3 is 10.4 Å². The number of hydrogen-bond donors (Lipinski definition) is 1. The lowest BCUT2D eigenvalue weighted by Gasteiger charge is -2.03. The fourth-order valence-corrected chi connectivity index (χ4v) is 1.15. The highest BCUT2D eigenvalue weighted by atomic mass is 32.3. The summed E-state index contributed by atoms with van der Waals surface area (Å²) in [7, 11) is -3.88. The molecule has 0 radical (unpaired) electrons. The fraction of sp³-hybridized carbons (Fsp3) is 1.00. The molecular weight excluding hydrogens is 184 g/mol. The van der Waals surface area contributed by atoms with Gasteiger partial charge in [0.15, 0.2) is 0 Å². The van der Waals surface area contributed by atoms with Crippen LogP contribution in [-0.4, -0.2) is 33.3 Å². The molecule has 0 rings (SSSR count). The van der Waals surface area contributed by atoms with Crippen LogP contribution in [0.4, 0.5) is 0 Å². The summed E-state index contributed by atoms with van der Waals surface area (Å²) in [6.45, 7) is 1.46. The Kier molecular flexibility index (Phi) is 6.27. The highest BCUT2D eigenvalue weighted by Gasteiger charge is 2.09. The third-order valence-corrected chi connectivity index (χ3v) is 1.96. The molecule has 0 saturated heterocycles. The average molecular weight is 198 g/mol. The van der Waals surface area contributed by atoms with E-state index in [2.05, 4.69) is 8.37 Å². The van der Waals surface area contributed by atoms with E-state index in [4.69, 9.17) is 5.11 Å². The van der Waals surface area contributed by atoms with Gasteiger partial charge in [0.05, 0.1) is 19.8 Å². The van der Waals surface area contributed by atoms with Gasteiger partial charge in [-0.15, -0.1) is 0 Å². The average Bonchev–Trinajstić information content (AvgIpc) is 2.01. The molecule has 0 aromatic carbocycles. The van der Waals surface area contributed by atoms with Crippen LogP contribution in [-0.2, 0) is 18.8 Å². The molecule has 0 aliphatic rings. The summed E-state index contributed by atoms with van der Waals surface area (Å²) in [6.07, 6.45) is 1.53. The van der Waals surface area contributed by atoms with Crippen LogP contribution in [0.3, 0.4) is 0 Å². The number of hydrogen-bond acceptors (Lipinski definition) is 5. The molecule has 0 aromatic rings. The molecule has 0 fully saturated rings. The number of aliphatic hydroxyl groups is 1. The maximum atomic E-state index is 10.7. The minimum Gasteiger partial charge on any atom is -0.394 e. The van der Waals surface area contributed by atoms with Gasteiger partial charge in [-0.2, -0.15) is 8.42 Å². The first-order valence-corrected chi connectivity index (χ1v) is 5.10. The molecule has 0 bridgehead atoms. The predicted octanol–water partition coefficient (Wildman–Crippen LogP) is 0.0568. The maximum absolute atomic E-state index is 10.7. The van der Waals surface area contributed by atoms with Crippen molar-refractivity contribution in [1.82, 2.24) is 0 Å². The Bertz CT molecular complexity index is 186. The third-order valence-electron chi connectivity index (χ3n) is 1.04. The van der Waals surface area contributed by atoms with Crippen molar-refractivity contribution in [1.29, 1.82) is 0 Å². The lowest BCUT2D eigenvalue weighted by Crippen LogP contribution is -2.13. The van der Waals surface area contributed by atoms with Crippen LogP contribution in [0.25, 0.3) is 0 Å². The van der Waals surface area contributed by atoms with Crippen LogP contribution in [0.15, 0.2) is 0 Å². The van der Waals surface area contributed by atoms with Crippen LogP contribution < -0.4 is 0 Å². The van der Waals surface area contributed by atoms with Gasteiger partial charge in [-0.05, 0) is 6.42 Å². The zero-order chi connectivity index (χ0) is 9.45. The van der Waals surface area contributed by atoms with E-state index in [1.165, 1.54) is 0 Å². The van der Waals surface area contributed by atoms with Gasteiger partial charge in [0.25, 0.3) is 0 Å². The topological polar surface area (TPSA) is 72.8 Å². The van der Waals surface area contributed by atoms with Crippen LogP contribution >= 0.6 is 0 Å². The second kappa shape index (κ2) is 6.36. The first-order chi connectivity index (χ1) is 5.62. The molecule has 74 valence electrons. The Morgan fingerprint density at radius 2 is 1.83 bits per heavy atom. The highest BCUT2D eigenvalue weighted by Crippen LogP contribution is 1.97. The van der Waals surface area contributed by atoms with Crippen molar-refractivity contribution in [2.75, 3.05) is 19.8 Å². The Hall–Kier alpha value is -0.170. The standard InChI is InChI=1S/C6H14O5S/c1-2-3-5-10-12(8,9)11-6-4-7/h7H,2-6H2,1H3. The summed E-state index contributed by atoms with van der Waals surface area (Å²) in [5.41, 5.74) is 0. The van der Waals surface area contributed by atoms with Crippen molar-refractivity contribution in [2.45, 2.75) is 19.8 Å². The molecule has 0 aromatic heterocycles. The number of unbranched alkanes of at least 4 members (excludes halogenated alkanes) is 1. The van der Waals surface area contributed by atoms with Gasteiger partial charge in [-0.25, -0.2) is 8.37 Å². The zero-order valence-electron chi connectivity index (χ0n) is 7.02. The van der Waals surface area contributed by atoms with Crippen molar-refractivity contribution in [3.63, 3.8) is 0 Å². The summed E-state index contributed by atoms with van der Waals surface area (Å²) in [5, 5.41) is 8.26. The molecule has 0 aliphatic carbocycles. The third kappa shape index (κ3) is 6.53. The van der Waals surface area contributed by atoms with Crippen molar-refractivity contribution in [3.8, 4) is 0 Å². The van der Waals surface area contributed by atoms with E-state index in [1.807, 2.05) is 6.92 Å². The highest BCUT2D eigenvalue weighted by molar-refractivity contribution is 7.81. The van der Waals surface area contributed by atoms with E-state index < -0.39 is 10.4 Å². The van der Waals surface area contributed by atoms with E-state index in [0.717, 1.165) is 6.42 Å². The summed E-state index contributed by atoms with van der Waals surface area (Å²) in [5.74, 6) is 0. The largest absolute Gasteiger partial charge is 0.399 e. The Morgan fingerprint density at radius 1 is 1.25 bits per heavy atom. The Labute approximate surface area is 72.6 Å². The molecule has 5 nitrogen and oxygen atoms in total. The second-order valence-electron chi connectivity index (χ2n) is 2.13. The van der Waals surface area contributed by atoms with Gasteiger partial charge < -0.3 is 5.11 Å². The Balaban J connectivity index is 3.58. The second-order valence-corrected chi connectivity index (χ2v) is 3.42. The minimum atomic E-state index is -3.88. The molecule has 0 amide bonds. The van der Waals surface area contributed by atoms with E-state index in [9.17, 15) is 8.42 Å². The lowest BCUT2D eigenvalue weighted by molar-refractivity contribution is 0.168. The van der Waals surface area contributed by atoms with Gasteiger partial charge in [0.2, 0.25) is 0 Å². The molecule has 12 heavy (non-hydrogen) atoms. The zero-order valence-corrected chi connectivity index (χ0v) is 7.84. The molecule has 0 saturated carbocycles. The van der Waals surface area contributed by atoms with E-state index in [-0.39, 0.29) is 19.8 Å². The number of aliphatic hydroxyl groups excluding tert-OH is 1. The van der Waals surface area contributed by atoms with Gasteiger partial charge in [-0.3, -0.25) is 0 Å². The van der Waals surface area contributed by atoms with Crippen LogP contribution in [0.2, 0.25) is 0 Å². The molecule has 6 heteroatoms. The summed E-state index contributed by atoms with van der Waals surface area (Å²) >= 11 is 0. The molecule has 0 atom stereocenters. The monoisotopic (exact) mass is 198 g/mol. The van der Waals surface area contributed by atoms with Crippen molar-refractivity contribution in [2.24, 2.45) is 0 Å². The summed E-state index contributed by atoms with van der Waals surface area (Å²) in [4.78, 5) is 0. The van der Waals surface area contributed by atoms with Gasteiger partial charge in [-0.1, -0.05) is 13.3 Å². The molecule has 0 aliphatic heterocycles.